The molecular formula is C12H14ClN3O2. The molecule has 2 aromatic rings. The Balaban J connectivity index is 2.14. The van der Waals surface area contributed by atoms with Gasteiger partial charge in [0.15, 0.2) is 6.61 Å². The molecule has 0 fully saturated rings. The Kier molecular flexibility index (Phi) is 4.17. The second-order valence-corrected chi connectivity index (χ2v) is 4.45. The molecule has 1 unspecified atom stereocenters. The molecule has 0 amide bonds. The van der Waals surface area contributed by atoms with Gasteiger partial charge in [-0.2, -0.15) is 4.98 Å². The molecule has 96 valence electrons. The fraction of sp³-hybridized carbons (Fsp3) is 0.333. The van der Waals surface area contributed by atoms with Crippen LogP contribution >= 0.6 is 11.6 Å². The van der Waals surface area contributed by atoms with E-state index in [1.165, 1.54) is 6.39 Å². The molecule has 5 nitrogen and oxygen atoms in total. The number of hydrogen-bond acceptors (Lipinski definition) is 5. The van der Waals surface area contributed by atoms with Crippen molar-refractivity contribution in [3.05, 3.63) is 41.0 Å². The minimum absolute atomic E-state index is 0.0380. The summed E-state index contributed by atoms with van der Waals surface area (Å²) in [5.41, 5.74) is 6.77. The first kappa shape index (κ1) is 12.9. The molecule has 0 saturated carbocycles. The van der Waals surface area contributed by atoms with Gasteiger partial charge in [0.1, 0.15) is 5.75 Å². The Bertz CT molecular complexity index is 500. The summed E-state index contributed by atoms with van der Waals surface area (Å²) in [7, 11) is 0. The number of ether oxygens (including phenoxy) is 1. The van der Waals surface area contributed by atoms with Gasteiger partial charge in [0.2, 0.25) is 12.2 Å². The molecule has 1 aromatic carbocycles. The zero-order valence-electron chi connectivity index (χ0n) is 9.97. The van der Waals surface area contributed by atoms with Gasteiger partial charge in [-0.15, -0.1) is 0 Å². The lowest BCUT2D eigenvalue weighted by molar-refractivity contribution is 0.283. The van der Waals surface area contributed by atoms with E-state index in [9.17, 15) is 0 Å². The number of rotatable bonds is 5. The topological polar surface area (TPSA) is 74.2 Å². The van der Waals surface area contributed by atoms with Crippen LogP contribution in [0.4, 0.5) is 0 Å². The van der Waals surface area contributed by atoms with E-state index in [2.05, 4.69) is 14.7 Å². The highest BCUT2D eigenvalue weighted by atomic mass is 35.5. The van der Waals surface area contributed by atoms with Crippen molar-refractivity contribution in [1.29, 1.82) is 0 Å². The summed E-state index contributed by atoms with van der Waals surface area (Å²) in [5.74, 6) is 1.10. The van der Waals surface area contributed by atoms with Crippen LogP contribution in [0.5, 0.6) is 5.75 Å². The summed E-state index contributed by atoms with van der Waals surface area (Å²) < 4.78 is 10.3. The molecule has 2 rings (SSSR count). The van der Waals surface area contributed by atoms with E-state index in [0.29, 0.717) is 23.0 Å². The summed E-state index contributed by atoms with van der Waals surface area (Å²) >= 11 is 6.12. The average Bonchev–Trinajstić information content (AvgIpc) is 2.80. The number of para-hydroxylation sites is 1. The van der Waals surface area contributed by atoms with Crippen LogP contribution in [-0.2, 0) is 13.0 Å². The summed E-state index contributed by atoms with van der Waals surface area (Å²) in [6.07, 6.45) is 1.95. The molecule has 0 saturated heterocycles. The SMILES string of the molecule is CC(N)Cc1cccc(Cl)c1OCc1ncon1. The highest BCUT2D eigenvalue weighted by Crippen LogP contribution is 2.30. The van der Waals surface area contributed by atoms with Gasteiger partial charge in [0, 0.05) is 6.04 Å². The summed E-state index contributed by atoms with van der Waals surface area (Å²) in [4.78, 5) is 3.88. The average molecular weight is 268 g/mol. The van der Waals surface area contributed by atoms with Gasteiger partial charge in [-0.3, -0.25) is 0 Å². The molecule has 0 spiro atoms. The zero-order valence-corrected chi connectivity index (χ0v) is 10.7. The first-order chi connectivity index (χ1) is 8.66. The highest BCUT2D eigenvalue weighted by Gasteiger charge is 2.11. The maximum atomic E-state index is 6.12. The maximum absolute atomic E-state index is 6.12. The molecule has 0 bridgehead atoms. The van der Waals surface area contributed by atoms with E-state index in [1.54, 1.807) is 6.07 Å². The quantitative estimate of drug-likeness (QED) is 0.899. The fourth-order valence-corrected chi connectivity index (χ4v) is 1.86. The van der Waals surface area contributed by atoms with Crippen LogP contribution in [0.25, 0.3) is 0 Å². The van der Waals surface area contributed by atoms with Crippen molar-refractivity contribution in [2.24, 2.45) is 5.73 Å². The molecule has 1 atom stereocenters. The van der Waals surface area contributed by atoms with E-state index in [-0.39, 0.29) is 12.6 Å². The van der Waals surface area contributed by atoms with Crippen LogP contribution in [0.2, 0.25) is 5.02 Å². The second kappa shape index (κ2) is 5.84. The van der Waals surface area contributed by atoms with Crippen LogP contribution in [0, 0.1) is 0 Å². The van der Waals surface area contributed by atoms with E-state index < -0.39 is 0 Å². The Labute approximate surface area is 110 Å². The normalized spacial score (nSPS) is 12.4. The van der Waals surface area contributed by atoms with Crippen LogP contribution in [0.3, 0.4) is 0 Å². The van der Waals surface area contributed by atoms with Gasteiger partial charge in [-0.25, -0.2) is 0 Å². The predicted molar refractivity (Wildman–Crippen MR) is 67.4 cm³/mol. The number of hydrogen-bond donors (Lipinski definition) is 1. The van der Waals surface area contributed by atoms with E-state index in [4.69, 9.17) is 22.1 Å². The third-order valence-corrected chi connectivity index (χ3v) is 2.64. The van der Waals surface area contributed by atoms with Gasteiger partial charge in [-0.05, 0) is 25.0 Å². The van der Waals surface area contributed by atoms with Crippen molar-refractivity contribution in [2.75, 3.05) is 0 Å². The van der Waals surface area contributed by atoms with Crippen molar-refractivity contribution in [3.8, 4) is 5.75 Å². The molecule has 0 aliphatic heterocycles. The van der Waals surface area contributed by atoms with Crippen molar-refractivity contribution in [2.45, 2.75) is 26.0 Å². The predicted octanol–water partition coefficient (Wildman–Crippen LogP) is 2.19. The van der Waals surface area contributed by atoms with Gasteiger partial charge < -0.3 is 15.0 Å². The minimum atomic E-state index is 0.0380. The zero-order chi connectivity index (χ0) is 13.0. The highest BCUT2D eigenvalue weighted by molar-refractivity contribution is 6.32. The lowest BCUT2D eigenvalue weighted by atomic mass is 10.1. The molecule has 2 N–H and O–H groups in total. The molecule has 6 heteroatoms. The summed E-state index contributed by atoms with van der Waals surface area (Å²) in [6, 6.07) is 5.64. The summed E-state index contributed by atoms with van der Waals surface area (Å²) in [5, 5.41) is 4.23. The molecule has 0 radical (unpaired) electrons. The summed E-state index contributed by atoms with van der Waals surface area (Å²) in [6.45, 7) is 2.15. The molecule has 0 aliphatic carbocycles. The third-order valence-electron chi connectivity index (χ3n) is 2.34. The van der Waals surface area contributed by atoms with Crippen LogP contribution < -0.4 is 10.5 Å². The Morgan fingerprint density at radius 3 is 3.00 bits per heavy atom. The lowest BCUT2D eigenvalue weighted by Gasteiger charge is -2.13. The van der Waals surface area contributed by atoms with Gasteiger partial charge in [-0.1, -0.05) is 28.9 Å². The smallest absolute Gasteiger partial charge is 0.213 e. The Morgan fingerprint density at radius 2 is 2.33 bits per heavy atom. The van der Waals surface area contributed by atoms with Crippen LogP contribution in [-0.4, -0.2) is 16.2 Å². The molecular weight excluding hydrogens is 254 g/mol. The van der Waals surface area contributed by atoms with Gasteiger partial charge >= 0.3 is 0 Å². The first-order valence-electron chi connectivity index (χ1n) is 5.58. The van der Waals surface area contributed by atoms with Crippen LogP contribution in [0.15, 0.2) is 29.1 Å². The molecule has 18 heavy (non-hydrogen) atoms. The van der Waals surface area contributed by atoms with Crippen molar-refractivity contribution in [1.82, 2.24) is 10.1 Å². The van der Waals surface area contributed by atoms with E-state index >= 15 is 0 Å². The lowest BCUT2D eigenvalue weighted by Crippen LogP contribution is -2.18. The Hall–Kier alpha value is -1.59. The van der Waals surface area contributed by atoms with Crippen molar-refractivity contribution in [3.63, 3.8) is 0 Å². The number of nitrogens with two attached hydrogens (primary N) is 1. The van der Waals surface area contributed by atoms with Crippen molar-refractivity contribution < 1.29 is 9.26 Å². The first-order valence-corrected chi connectivity index (χ1v) is 5.95. The number of benzene rings is 1. The fourth-order valence-electron chi connectivity index (χ4n) is 1.62. The molecule has 0 aliphatic rings. The standard InChI is InChI=1S/C12H14ClN3O2/c1-8(14)5-9-3-2-4-10(13)12(9)17-6-11-15-7-18-16-11/h2-4,7-8H,5-6,14H2,1H3. The largest absolute Gasteiger partial charge is 0.484 e. The van der Waals surface area contributed by atoms with E-state index in [0.717, 1.165) is 5.56 Å². The van der Waals surface area contributed by atoms with Gasteiger partial charge in [0.25, 0.3) is 0 Å². The van der Waals surface area contributed by atoms with Gasteiger partial charge in [0.05, 0.1) is 5.02 Å². The maximum Gasteiger partial charge on any atom is 0.213 e. The second-order valence-electron chi connectivity index (χ2n) is 4.05. The number of aromatic nitrogens is 2. The van der Waals surface area contributed by atoms with E-state index in [1.807, 2.05) is 19.1 Å². The third kappa shape index (κ3) is 3.21. The minimum Gasteiger partial charge on any atom is -0.484 e. The van der Waals surface area contributed by atoms with Crippen molar-refractivity contribution >= 4 is 11.6 Å². The monoisotopic (exact) mass is 267 g/mol. The molecule has 1 heterocycles. The molecule has 1 aromatic heterocycles. The number of nitrogens with zero attached hydrogens (tertiary/aromatic N) is 2. The van der Waals surface area contributed by atoms with Crippen LogP contribution in [0.1, 0.15) is 18.3 Å². The Morgan fingerprint density at radius 1 is 1.50 bits per heavy atom. The number of halogens is 1.